The Morgan fingerprint density at radius 2 is 0.868 bits per heavy atom. The van der Waals surface area contributed by atoms with Crippen LogP contribution in [0.1, 0.15) is 176 Å². The predicted molar refractivity (Wildman–Crippen MR) is 162 cm³/mol. The molecule has 0 saturated heterocycles. The lowest BCUT2D eigenvalue weighted by Gasteiger charge is -2.14. The van der Waals surface area contributed by atoms with Gasteiger partial charge in [-0.2, -0.15) is 0 Å². The van der Waals surface area contributed by atoms with Crippen molar-refractivity contribution in [3.63, 3.8) is 0 Å². The Hall–Kier alpha value is -1.06. The predicted octanol–water partition coefficient (Wildman–Crippen LogP) is 10.6. The molecule has 1 atom stereocenters. The Kier molecular flexibility index (Phi) is 26.7. The Morgan fingerprint density at radius 3 is 1.34 bits per heavy atom. The fourth-order valence-corrected chi connectivity index (χ4v) is 4.99. The highest BCUT2D eigenvalue weighted by Gasteiger charge is 2.10. The largest absolute Gasteiger partial charge is 0.466 e. The van der Waals surface area contributed by atoms with Crippen LogP contribution in [-0.2, 0) is 19.1 Å². The van der Waals surface area contributed by atoms with Crippen LogP contribution in [0.15, 0.2) is 0 Å². The average molecular weight is 539 g/mol. The van der Waals surface area contributed by atoms with Crippen molar-refractivity contribution >= 4 is 11.9 Å². The zero-order valence-electron chi connectivity index (χ0n) is 26.3. The number of carbonyl (C=O) groups excluding carboxylic acids is 2. The van der Waals surface area contributed by atoms with E-state index in [2.05, 4.69) is 34.6 Å². The van der Waals surface area contributed by atoms with Gasteiger partial charge >= 0.3 is 11.9 Å². The number of unbranched alkanes of at least 4 members (excludes halogenated alkanes) is 12. The van der Waals surface area contributed by atoms with Gasteiger partial charge in [-0.25, -0.2) is 0 Å². The van der Waals surface area contributed by atoms with Crippen LogP contribution in [0, 0.1) is 17.8 Å². The third-order valence-corrected chi connectivity index (χ3v) is 7.71. The second kappa shape index (κ2) is 27.5. The summed E-state index contributed by atoms with van der Waals surface area (Å²) in [4.78, 5) is 23.8. The zero-order chi connectivity index (χ0) is 28.3. The van der Waals surface area contributed by atoms with Crippen LogP contribution in [0.25, 0.3) is 0 Å². The minimum Gasteiger partial charge on any atom is -0.466 e. The van der Waals surface area contributed by atoms with Crippen LogP contribution in [0.3, 0.4) is 0 Å². The van der Waals surface area contributed by atoms with Gasteiger partial charge in [0.15, 0.2) is 0 Å². The van der Waals surface area contributed by atoms with Gasteiger partial charge in [0.25, 0.3) is 0 Å². The molecule has 0 bridgehead atoms. The quantitative estimate of drug-likeness (QED) is 0.0734. The fourth-order valence-electron chi connectivity index (χ4n) is 4.99. The summed E-state index contributed by atoms with van der Waals surface area (Å²) >= 11 is 0. The molecule has 0 spiro atoms. The van der Waals surface area contributed by atoms with Crippen molar-refractivity contribution < 1.29 is 19.1 Å². The highest BCUT2D eigenvalue weighted by molar-refractivity contribution is 5.69. The van der Waals surface area contributed by atoms with Gasteiger partial charge in [-0.05, 0) is 43.4 Å². The van der Waals surface area contributed by atoms with Crippen molar-refractivity contribution in [2.24, 2.45) is 17.8 Å². The second-order valence-corrected chi connectivity index (χ2v) is 12.5. The Morgan fingerprint density at radius 1 is 0.474 bits per heavy atom. The molecule has 0 rings (SSSR count). The average Bonchev–Trinajstić information content (AvgIpc) is 2.88. The maximum Gasteiger partial charge on any atom is 0.305 e. The van der Waals surface area contributed by atoms with Crippen LogP contribution in [0.2, 0.25) is 0 Å². The van der Waals surface area contributed by atoms with E-state index in [-0.39, 0.29) is 11.9 Å². The molecule has 0 aliphatic carbocycles. The molecule has 0 aromatic heterocycles. The van der Waals surface area contributed by atoms with Gasteiger partial charge in [-0.1, -0.05) is 137 Å². The van der Waals surface area contributed by atoms with E-state index in [1.807, 2.05) is 0 Å². The molecule has 226 valence electrons. The van der Waals surface area contributed by atoms with Crippen molar-refractivity contribution in [2.45, 2.75) is 176 Å². The monoisotopic (exact) mass is 538 g/mol. The van der Waals surface area contributed by atoms with E-state index >= 15 is 0 Å². The number of esters is 2. The molecule has 0 saturated carbocycles. The summed E-state index contributed by atoms with van der Waals surface area (Å²) in [5, 5.41) is 0. The Balaban J connectivity index is 3.46. The molecule has 0 radical (unpaired) electrons. The van der Waals surface area contributed by atoms with E-state index in [4.69, 9.17) is 9.47 Å². The molecule has 0 aromatic rings. The lowest BCUT2D eigenvalue weighted by atomic mass is 9.93. The molecule has 0 amide bonds. The second-order valence-electron chi connectivity index (χ2n) is 12.5. The fraction of sp³-hybridized carbons (Fsp3) is 0.941. The van der Waals surface area contributed by atoms with Gasteiger partial charge < -0.3 is 9.47 Å². The molecule has 0 aliphatic heterocycles. The van der Waals surface area contributed by atoms with E-state index in [9.17, 15) is 9.59 Å². The molecule has 0 aliphatic rings. The number of hydrogen-bond donors (Lipinski definition) is 0. The van der Waals surface area contributed by atoms with Gasteiger partial charge in [0, 0.05) is 12.8 Å². The lowest BCUT2D eigenvalue weighted by Crippen LogP contribution is -2.09. The summed E-state index contributed by atoms with van der Waals surface area (Å²) < 4.78 is 10.8. The van der Waals surface area contributed by atoms with Crippen molar-refractivity contribution in [3.05, 3.63) is 0 Å². The number of ether oxygens (including phenoxy) is 2. The molecule has 0 aromatic carbocycles. The summed E-state index contributed by atoms with van der Waals surface area (Å²) in [7, 11) is 0. The van der Waals surface area contributed by atoms with E-state index in [0.29, 0.717) is 32.0 Å². The van der Waals surface area contributed by atoms with Crippen LogP contribution in [-0.4, -0.2) is 25.2 Å². The first-order chi connectivity index (χ1) is 18.3. The van der Waals surface area contributed by atoms with Gasteiger partial charge in [-0.15, -0.1) is 0 Å². The van der Waals surface area contributed by atoms with Gasteiger partial charge in [0.1, 0.15) is 0 Å². The molecule has 0 heterocycles. The van der Waals surface area contributed by atoms with Crippen molar-refractivity contribution in [1.82, 2.24) is 0 Å². The third kappa shape index (κ3) is 28.0. The summed E-state index contributed by atoms with van der Waals surface area (Å²) in [6, 6.07) is 0. The minimum absolute atomic E-state index is 0.00304. The van der Waals surface area contributed by atoms with Gasteiger partial charge in [0.05, 0.1) is 13.2 Å². The summed E-state index contributed by atoms with van der Waals surface area (Å²) in [6.07, 6.45) is 25.1. The highest BCUT2D eigenvalue weighted by Crippen LogP contribution is 2.20. The van der Waals surface area contributed by atoms with Crippen LogP contribution in [0.5, 0.6) is 0 Å². The number of carbonyl (C=O) groups is 2. The maximum atomic E-state index is 12.0. The number of hydrogen-bond acceptors (Lipinski definition) is 4. The van der Waals surface area contributed by atoms with E-state index in [0.717, 1.165) is 50.4 Å². The summed E-state index contributed by atoms with van der Waals surface area (Å²) in [5.41, 5.74) is 0. The van der Waals surface area contributed by atoms with E-state index in [1.54, 1.807) is 0 Å². The van der Waals surface area contributed by atoms with E-state index in [1.165, 1.54) is 89.9 Å². The molecular formula is C34H66O4. The SMILES string of the molecule is CCC(CCCCCCCCCCCC(=O)OCCCCCC(C)C)CCC(=O)OCCCCCC(C)C. The van der Waals surface area contributed by atoms with Gasteiger partial charge in [-0.3, -0.25) is 9.59 Å². The first-order valence-electron chi connectivity index (χ1n) is 16.7. The molecule has 1 unspecified atom stereocenters. The van der Waals surface area contributed by atoms with Crippen LogP contribution < -0.4 is 0 Å². The standard InChI is InChI=1S/C34H66O4/c1-6-32(26-27-34(36)38-29-21-15-17-23-31(4)5)24-18-12-10-8-7-9-11-13-19-25-33(35)37-28-20-14-16-22-30(2)3/h30-32H,6-29H2,1-5H3. The molecular weight excluding hydrogens is 472 g/mol. The van der Waals surface area contributed by atoms with Crippen molar-refractivity contribution in [1.29, 1.82) is 0 Å². The normalized spacial score (nSPS) is 12.3. The number of rotatable bonds is 28. The first-order valence-corrected chi connectivity index (χ1v) is 16.7. The zero-order valence-corrected chi connectivity index (χ0v) is 26.3. The molecule has 0 N–H and O–H groups in total. The molecule has 0 fully saturated rings. The maximum absolute atomic E-state index is 12.0. The Bertz CT molecular complexity index is 529. The molecule has 4 heteroatoms. The highest BCUT2D eigenvalue weighted by atomic mass is 16.5. The smallest absolute Gasteiger partial charge is 0.305 e. The summed E-state index contributed by atoms with van der Waals surface area (Å²) in [6.45, 7) is 12.5. The van der Waals surface area contributed by atoms with E-state index < -0.39 is 0 Å². The minimum atomic E-state index is -0.0105. The topological polar surface area (TPSA) is 52.6 Å². The van der Waals surface area contributed by atoms with Crippen molar-refractivity contribution in [3.8, 4) is 0 Å². The molecule has 38 heavy (non-hydrogen) atoms. The van der Waals surface area contributed by atoms with Crippen molar-refractivity contribution in [2.75, 3.05) is 13.2 Å². The van der Waals surface area contributed by atoms with Gasteiger partial charge in [0.2, 0.25) is 0 Å². The summed E-state index contributed by atoms with van der Waals surface area (Å²) in [5.74, 6) is 2.18. The van der Waals surface area contributed by atoms with Crippen LogP contribution in [0.4, 0.5) is 0 Å². The van der Waals surface area contributed by atoms with Crippen LogP contribution >= 0.6 is 0 Å². The lowest BCUT2D eigenvalue weighted by molar-refractivity contribution is -0.145. The Labute approximate surface area is 237 Å². The first kappa shape index (κ1) is 36.9. The molecule has 4 nitrogen and oxygen atoms in total. The third-order valence-electron chi connectivity index (χ3n) is 7.71.